The topological polar surface area (TPSA) is 66.0 Å². The number of aliphatic imine (C=N–C) groups is 1. The number of likely N-dealkylation sites (tertiary alicyclic amines) is 1. The van der Waals surface area contributed by atoms with Gasteiger partial charge in [-0.25, -0.2) is 0 Å². The van der Waals surface area contributed by atoms with E-state index < -0.39 is 0 Å². The molecule has 0 aromatic carbocycles. The summed E-state index contributed by atoms with van der Waals surface area (Å²) in [5.74, 6) is 1.99. The molecule has 2 fully saturated rings. The number of halogens is 1. The number of nitrogens with zero attached hydrogens (tertiary/aromatic N) is 2. The second kappa shape index (κ2) is 11.9. The van der Waals surface area contributed by atoms with Crippen molar-refractivity contribution in [2.45, 2.75) is 52.5 Å². The van der Waals surface area contributed by atoms with Crippen LogP contribution >= 0.6 is 24.0 Å². The summed E-state index contributed by atoms with van der Waals surface area (Å²) in [6.07, 6.45) is 4.61. The van der Waals surface area contributed by atoms with E-state index >= 15 is 0 Å². The number of ether oxygens (including phenoxy) is 1. The van der Waals surface area contributed by atoms with Crippen molar-refractivity contribution in [3.05, 3.63) is 0 Å². The molecule has 0 aromatic heterocycles. The van der Waals surface area contributed by atoms with Gasteiger partial charge in [0.2, 0.25) is 5.91 Å². The standard InChI is InChI=1S/C18H34N4O2.HI/c1-4-19-18(20-9-5-11-24-13-15-6-7-15)21-16-8-10-22(12-16)17(23)14(2)3;/h14-16H,4-13H2,1-3H3,(H2,19,20,21);1H. The van der Waals surface area contributed by atoms with Crippen LogP contribution in [0.2, 0.25) is 0 Å². The third-order valence-corrected chi connectivity index (χ3v) is 4.45. The zero-order valence-electron chi connectivity index (χ0n) is 15.9. The first kappa shape index (κ1) is 22.5. The Balaban J connectivity index is 0.00000312. The molecule has 0 bridgehead atoms. The third-order valence-electron chi connectivity index (χ3n) is 4.45. The number of carbonyl (C=O) groups excluding carboxylic acids is 1. The lowest BCUT2D eigenvalue weighted by atomic mass is 10.2. The minimum absolute atomic E-state index is 0. The van der Waals surface area contributed by atoms with Crippen LogP contribution in [0, 0.1) is 11.8 Å². The molecule has 6 nitrogen and oxygen atoms in total. The normalized spacial score (nSPS) is 20.6. The molecule has 25 heavy (non-hydrogen) atoms. The van der Waals surface area contributed by atoms with Crippen LogP contribution in [0.15, 0.2) is 4.99 Å². The van der Waals surface area contributed by atoms with Gasteiger partial charge in [0.05, 0.1) is 0 Å². The fourth-order valence-corrected chi connectivity index (χ4v) is 2.85. The zero-order valence-corrected chi connectivity index (χ0v) is 18.3. The Hall–Kier alpha value is -0.570. The molecule has 2 rings (SSSR count). The fourth-order valence-electron chi connectivity index (χ4n) is 2.85. The van der Waals surface area contributed by atoms with Gasteiger partial charge in [-0.2, -0.15) is 0 Å². The Morgan fingerprint density at radius 3 is 2.72 bits per heavy atom. The van der Waals surface area contributed by atoms with Crippen LogP contribution in [0.3, 0.4) is 0 Å². The van der Waals surface area contributed by atoms with Crippen molar-refractivity contribution in [1.82, 2.24) is 15.5 Å². The fraction of sp³-hybridized carbons (Fsp3) is 0.889. The molecule has 1 aliphatic carbocycles. The minimum atomic E-state index is 0. The van der Waals surface area contributed by atoms with Gasteiger partial charge in [-0.05, 0) is 38.5 Å². The number of nitrogens with one attached hydrogen (secondary N) is 2. The molecular weight excluding hydrogens is 431 g/mol. The molecule has 1 atom stereocenters. The van der Waals surface area contributed by atoms with Crippen LogP contribution in [0.1, 0.15) is 46.5 Å². The number of hydrogen-bond donors (Lipinski definition) is 2. The van der Waals surface area contributed by atoms with Gasteiger partial charge in [-0.15, -0.1) is 24.0 Å². The van der Waals surface area contributed by atoms with Gasteiger partial charge in [0, 0.05) is 51.4 Å². The van der Waals surface area contributed by atoms with E-state index in [0.717, 1.165) is 64.1 Å². The van der Waals surface area contributed by atoms with Gasteiger partial charge in [0.15, 0.2) is 5.96 Å². The second-order valence-electron chi connectivity index (χ2n) is 7.20. The van der Waals surface area contributed by atoms with Crippen molar-refractivity contribution >= 4 is 35.8 Å². The molecule has 7 heteroatoms. The lowest BCUT2D eigenvalue weighted by Crippen LogP contribution is -2.45. The predicted molar refractivity (Wildman–Crippen MR) is 113 cm³/mol. The Morgan fingerprint density at radius 2 is 2.08 bits per heavy atom. The highest BCUT2D eigenvalue weighted by atomic mass is 127. The summed E-state index contributed by atoms with van der Waals surface area (Å²) in [5.41, 5.74) is 0. The average molecular weight is 466 g/mol. The van der Waals surface area contributed by atoms with Gasteiger partial charge < -0.3 is 20.3 Å². The van der Waals surface area contributed by atoms with Crippen molar-refractivity contribution in [2.24, 2.45) is 16.8 Å². The number of carbonyl (C=O) groups is 1. The molecular formula is C18H35IN4O2. The smallest absolute Gasteiger partial charge is 0.225 e. The van der Waals surface area contributed by atoms with Crippen LogP contribution in [-0.2, 0) is 9.53 Å². The van der Waals surface area contributed by atoms with E-state index in [-0.39, 0.29) is 41.8 Å². The maximum atomic E-state index is 12.1. The van der Waals surface area contributed by atoms with E-state index in [1.807, 2.05) is 18.7 Å². The Bertz CT molecular complexity index is 427. The van der Waals surface area contributed by atoms with Crippen LogP contribution in [0.4, 0.5) is 0 Å². The van der Waals surface area contributed by atoms with Crippen molar-refractivity contribution < 1.29 is 9.53 Å². The number of guanidine groups is 1. The molecule has 0 spiro atoms. The molecule has 1 unspecified atom stereocenters. The van der Waals surface area contributed by atoms with Gasteiger partial charge in [-0.1, -0.05) is 13.8 Å². The molecule has 2 N–H and O–H groups in total. The molecule has 0 radical (unpaired) electrons. The summed E-state index contributed by atoms with van der Waals surface area (Å²) in [5, 5.41) is 6.75. The molecule has 1 saturated heterocycles. The van der Waals surface area contributed by atoms with Gasteiger partial charge in [-0.3, -0.25) is 9.79 Å². The summed E-state index contributed by atoms with van der Waals surface area (Å²) in [4.78, 5) is 18.6. The van der Waals surface area contributed by atoms with E-state index in [9.17, 15) is 4.79 Å². The van der Waals surface area contributed by atoms with Crippen LogP contribution in [-0.4, -0.2) is 62.2 Å². The molecule has 1 aliphatic heterocycles. The first-order chi connectivity index (χ1) is 11.6. The van der Waals surface area contributed by atoms with Crippen LogP contribution < -0.4 is 10.6 Å². The number of rotatable bonds is 9. The lowest BCUT2D eigenvalue weighted by Gasteiger charge is -2.20. The lowest BCUT2D eigenvalue weighted by molar-refractivity contribution is -0.133. The average Bonchev–Trinajstić information content (AvgIpc) is 3.27. The van der Waals surface area contributed by atoms with E-state index in [2.05, 4.69) is 22.5 Å². The van der Waals surface area contributed by atoms with E-state index in [1.54, 1.807) is 0 Å². The molecule has 1 saturated carbocycles. The summed E-state index contributed by atoms with van der Waals surface area (Å²) in [7, 11) is 0. The van der Waals surface area contributed by atoms with Gasteiger partial charge >= 0.3 is 0 Å². The first-order valence-corrected chi connectivity index (χ1v) is 9.51. The summed E-state index contributed by atoms with van der Waals surface area (Å²) < 4.78 is 5.64. The second-order valence-corrected chi connectivity index (χ2v) is 7.20. The summed E-state index contributed by atoms with van der Waals surface area (Å²) >= 11 is 0. The van der Waals surface area contributed by atoms with Crippen molar-refractivity contribution in [2.75, 3.05) is 39.4 Å². The SMILES string of the molecule is CCNC(=NCCCOCC1CC1)NC1CCN(C(=O)C(C)C)C1.I. The van der Waals surface area contributed by atoms with Gasteiger partial charge in [0.1, 0.15) is 0 Å². The Labute approximate surface area is 169 Å². The van der Waals surface area contributed by atoms with Gasteiger partial charge in [0.25, 0.3) is 0 Å². The minimum Gasteiger partial charge on any atom is -0.381 e. The van der Waals surface area contributed by atoms with Crippen molar-refractivity contribution in [1.29, 1.82) is 0 Å². The Kier molecular flexibility index (Phi) is 10.7. The highest BCUT2D eigenvalue weighted by Gasteiger charge is 2.27. The van der Waals surface area contributed by atoms with E-state index in [0.29, 0.717) is 0 Å². The molecule has 0 aromatic rings. The number of hydrogen-bond acceptors (Lipinski definition) is 3. The number of amides is 1. The molecule has 146 valence electrons. The van der Waals surface area contributed by atoms with Crippen LogP contribution in [0.25, 0.3) is 0 Å². The van der Waals surface area contributed by atoms with E-state index in [4.69, 9.17) is 4.74 Å². The molecule has 2 aliphatic rings. The van der Waals surface area contributed by atoms with Crippen LogP contribution in [0.5, 0.6) is 0 Å². The monoisotopic (exact) mass is 466 g/mol. The summed E-state index contributed by atoms with van der Waals surface area (Å²) in [6, 6.07) is 0.289. The quantitative estimate of drug-likeness (QED) is 0.237. The predicted octanol–water partition coefficient (Wildman–Crippen LogP) is 2.23. The maximum absolute atomic E-state index is 12.1. The first-order valence-electron chi connectivity index (χ1n) is 9.51. The third kappa shape index (κ3) is 8.57. The molecule has 1 heterocycles. The maximum Gasteiger partial charge on any atom is 0.225 e. The highest BCUT2D eigenvalue weighted by Crippen LogP contribution is 2.28. The zero-order chi connectivity index (χ0) is 17.4. The Morgan fingerprint density at radius 1 is 1.32 bits per heavy atom. The molecule has 1 amide bonds. The van der Waals surface area contributed by atoms with E-state index in [1.165, 1.54) is 12.8 Å². The van der Waals surface area contributed by atoms with Crippen molar-refractivity contribution in [3.8, 4) is 0 Å². The van der Waals surface area contributed by atoms with Crippen molar-refractivity contribution in [3.63, 3.8) is 0 Å². The highest BCUT2D eigenvalue weighted by molar-refractivity contribution is 14.0. The summed E-state index contributed by atoms with van der Waals surface area (Å²) in [6.45, 7) is 10.9. The largest absolute Gasteiger partial charge is 0.381 e.